The van der Waals surface area contributed by atoms with Crippen molar-refractivity contribution < 1.29 is 5.11 Å². The summed E-state index contributed by atoms with van der Waals surface area (Å²) >= 11 is 0. The molecule has 4 rings (SSSR count). The molecule has 0 amide bonds. The summed E-state index contributed by atoms with van der Waals surface area (Å²) in [6, 6.07) is 8.07. The number of H-pyrrole nitrogens is 1. The zero-order valence-corrected chi connectivity index (χ0v) is 11.8. The first-order valence-corrected chi connectivity index (χ1v) is 7.20. The van der Waals surface area contributed by atoms with E-state index in [1.807, 2.05) is 24.3 Å². The minimum atomic E-state index is -0.213. The number of nitrogen functional groups attached to an aromatic ring is 1. The molecular weight excluding hydrogens is 280 g/mol. The molecule has 0 saturated heterocycles. The van der Waals surface area contributed by atoms with Gasteiger partial charge >= 0.3 is 0 Å². The Kier molecular flexibility index (Phi) is 2.93. The molecule has 0 unspecified atom stereocenters. The van der Waals surface area contributed by atoms with E-state index in [1.54, 1.807) is 6.20 Å². The number of aromatic nitrogens is 4. The molecule has 22 heavy (non-hydrogen) atoms. The van der Waals surface area contributed by atoms with E-state index in [-0.39, 0.29) is 18.1 Å². The lowest BCUT2D eigenvalue weighted by Gasteiger charge is -2.32. The van der Waals surface area contributed by atoms with Crippen molar-refractivity contribution in [2.45, 2.75) is 25.0 Å². The molecule has 112 valence electrons. The third kappa shape index (κ3) is 2.25. The number of benzene rings is 1. The van der Waals surface area contributed by atoms with Gasteiger partial charge in [-0.05, 0) is 31.0 Å². The Morgan fingerprint density at radius 3 is 2.82 bits per heavy atom. The van der Waals surface area contributed by atoms with Gasteiger partial charge in [-0.2, -0.15) is 10.1 Å². The molecule has 1 saturated carbocycles. The summed E-state index contributed by atoms with van der Waals surface area (Å²) in [4.78, 5) is 8.61. The summed E-state index contributed by atoms with van der Waals surface area (Å²) in [6.07, 6.45) is 2.97. The number of hydrogen-bond donors (Lipinski definition) is 4. The molecule has 2 aromatic heterocycles. The summed E-state index contributed by atoms with van der Waals surface area (Å²) in [6.45, 7) is 0. The predicted octanol–water partition coefficient (Wildman–Crippen LogP) is 1.54. The monoisotopic (exact) mass is 296 g/mol. The van der Waals surface area contributed by atoms with Gasteiger partial charge in [0.05, 0.1) is 17.3 Å². The van der Waals surface area contributed by atoms with Crippen molar-refractivity contribution in [3.8, 4) is 11.3 Å². The normalized spacial score (nSPS) is 20.8. The summed E-state index contributed by atoms with van der Waals surface area (Å²) in [5.41, 5.74) is 8.52. The largest absolute Gasteiger partial charge is 0.393 e. The van der Waals surface area contributed by atoms with Crippen LogP contribution in [0.25, 0.3) is 22.2 Å². The van der Waals surface area contributed by atoms with Crippen LogP contribution in [0.5, 0.6) is 0 Å². The quantitative estimate of drug-likeness (QED) is 0.583. The molecule has 5 N–H and O–H groups in total. The van der Waals surface area contributed by atoms with Gasteiger partial charge in [-0.15, -0.1) is 0 Å². The zero-order valence-electron chi connectivity index (χ0n) is 11.8. The first kappa shape index (κ1) is 13.0. The minimum absolute atomic E-state index is 0.213. The number of anilines is 2. The third-order valence-corrected chi connectivity index (χ3v) is 3.98. The second-order valence-corrected chi connectivity index (χ2v) is 5.60. The highest BCUT2D eigenvalue weighted by Gasteiger charge is 2.27. The van der Waals surface area contributed by atoms with Crippen molar-refractivity contribution in [2.75, 3.05) is 11.1 Å². The smallest absolute Gasteiger partial charge is 0.222 e. The van der Waals surface area contributed by atoms with Gasteiger partial charge in [-0.1, -0.05) is 6.07 Å². The van der Waals surface area contributed by atoms with E-state index in [0.717, 1.165) is 40.8 Å². The second-order valence-electron chi connectivity index (χ2n) is 5.60. The highest BCUT2D eigenvalue weighted by atomic mass is 16.3. The molecule has 1 aliphatic carbocycles. The van der Waals surface area contributed by atoms with Gasteiger partial charge in [-0.3, -0.25) is 5.10 Å². The molecule has 1 aliphatic rings. The highest BCUT2D eigenvalue weighted by molar-refractivity contribution is 5.92. The molecule has 0 radical (unpaired) electrons. The fourth-order valence-electron chi connectivity index (χ4n) is 2.74. The summed E-state index contributed by atoms with van der Waals surface area (Å²) in [5, 5.41) is 20.5. The summed E-state index contributed by atoms with van der Waals surface area (Å²) < 4.78 is 0. The number of nitrogens with zero attached hydrogens (tertiary/aromatic N) is 3. The maximum Gasteiger partial charge on any atom is 0.222 e. The van der Waals surface area contributed by atoms with E-state index in [1.165, 1.54) is 0 Å². The lowest BCUT2D eigenvalue weighted by atomic mass is 9.89. The van der Waals surface area contributed by atoms with Crippen LogP contribution in [0.3, 0.4) is 0 Å². The predicted molar refractivity (Wildman–Crippen MR) is 84.2 cm³/mol. The number of nitrogens with one attached hydrogen (secondary N) is 2. The third-order valence-electron chi connectivity index (χ3n) is 3.98. The van der Waals surface area contributed by atoms with Crippen LogP contribution in [0, 0.1) is 0 Å². The molecule has 0 aliphatic heterocycles. The van der Waals surface area contributed by atoms with Crippen molar-refractivity contribution in [1.29, 1.82) is 0 Å². The van der Waals surface area contributed by atoms with Crippen molar-refractivity contribution in [2.24, 2.45) is 0 Å². The van der Waals surface area contributed by atoms with Gasteiger partial charge in [0.2, 0.25) is 5.95 Å². The topological polar surface area (TPSA) is 113 Å². The molecule has 3 aromatic rings. The molecule has 2 heterocycles. The Labute approximate surface area is 126 Å². The zero-order chi connectivity index (χ0) is 15.1. The highest BCUT2D eigenvalue weighted by Crippen LogP contribution is 2.29. The van der Waals surface area contributed by atoms with Crippen molar-refractivity contribution in [3.05, 3.63) is 30.5 Å². The van der Waals surface area contributed by atoms with Crippen molar-refractivity contribution in [1.82, 2.24) is 20.2 Å². The molecular formula is C15H16N6O. The van der Waals surface area contributed by atoms with E-state index in [9.17, 15) is 5.11 Å². The van der Waals surface area contributed by atoms with Crippen LogP contribution >= 0.6 is 0 Å². The summed E-state index contributed by atoms with van der Waals surface area (Å²) in [7, 11) is 0. The average Bonchev–Trinajstić information content (AvgIpc) is 2.99. The van der Waals surface area contributed by atoms with E-state index in [0.29, 0.717) is 0 Å². The summed E-state index contributed by atoms with van der Waals surface area (Å²) in [5.74, 6) is 0.951. The Hall–Kier alpha value is -2.67. The SMILES string of the molecule is Nc1nc(N[C@H]2C[C@@H](O)C2)c2ccc(-c3ccn[nH]3)cc2n1. The second kappa shape index (κ2) is 4.96. The van der Waals surface area contributed by atoms with Gasteiger partial charge in [0.1, 0.15) is 5.82 Å². The van der Waals surface area contributed by atoms with Gasteiger partial charge in [-0.25, -0.2) is 4.98 Å². The number of aliphatic hydroxyl groups is 1. The first-order chi connectivity index (χ1) is 10.7. The molecule has 1 aromatic carbocycles. The fraction of sp³-hybridized carbons (Fsp3) is 0.267. The Morgan fingerprint density at radius 2 is 2.09 bits per heavy atom. The van der Waals surface area contributed by atoms with E-state index < -0.39 is 0 Å². The number of aliphatic hydroxyl groups excluding tert-OH is 1. The molecule has 0 bridgehead atoms. The van der Waals surface area contributed by atoms with Crippen molar-refractivity contribution in [3.63, 3.8) is 0 Å². The van der Waals surface area contributed by atoms with Crippen LogP contribution in [0.15, 0.2) is 30.5 Å². The van der Waals surface area contributed by atoms with E-state index in [4.69, 9.17) is 5.73 Å². The van der Waals surface area contributed by atoms with Gasteiger partial charge < -0.3 is 16.2 Å². The molecule has 1 fully saturated rings. The van der Waals surface area contributed by atoms with Gasteiger partial charge in [0, 0.05) is 23.2 Å². The maximum absolute atomic E-state index is 9.40. The average molecular weight is 296 g/mol. The van der Waals surface area contributed by atoms with E-state index >= 15 is 0 Å². The van der Waals surface area contributed by atoms with Crippen LogP contribution < -0.4 is 11.1 Å². The Morgan fingerprint density at radius 1 is 1.23 bits per heavy atom. The van der Waals surface area contributed by atoms with Gasteiger partial charge in [0.15, 0.2) is 0 Å². The number of rotatable bonds is 3. The Balaban J connectivity index is 1.74. The fourth-order valence-corrected chi connectivity index (χ4v) is 2.74. The van der Waals surface area contributed by atoms with Crippen LogP contribution in [0.2, 0.25) is 0 Å². The van der Waals surface area contributed by atoms with Crippen LogP contribution in [-0.2, 0) is 0 Å². The lowest BCUT2D eigenvalue weighted by Crippen LogP contribution is -2.39. The lowest BCUT2D eigenvalue weighted by molar-refractivity contribution is 0.0836. The van der Waals surface area contributed by atoms with Crippen LogP contribution in [-0.4, -0.2) is 37.4 Å². The molecule has 7 nitrogen and oxygen atoms in total. The minimum Gasteiger partial charge on any atom is -0.393 e. The van der Waals surface area contributed by atoms with Crippen LogP contribution in [0.1, 0.15) is 12.8 Å². The number of hydrogen-bond acceptors (Lipinski definition) is 6. The van der Waals surface area contributed by atoms with E-state index in [2.05, 4.69) is 25.5 Å². The first-order valence-electron chi connectivity index (χ1n) is 7.20. The number of nitrogens with two attached hydrogens (primary N) is 1. The number of fused-ring (bicyclic) bond motifs is 1. The Bertz CT molecular complexity index is 810. The van der Waals surface area contributed by atoms with Crippen molar-refractivity contribution >= 4 is 22.7 Å². The van der Waals surface area contributed by atoms with Gasteiger partial charge in [0.25, 0.3) is 0 Å². The molecule has 0 atom stereocenters. The standard InChI is InChI=1S/C15H16N6O/c16-15-19-13-5-8(12-3-4-17-21-12)1-2-11(13)14(20-15)18-9-6-10(22)7-9/h1-5,9-10,22H,6-7H2,(H,17,21)(H3,16,18,19,20)/t9-,10+. The van der Waals surface area contributed by atoms with Crippen LogP contribution in [0.4, 0.5) is 11.8 Å². The molecule has 7 heteroatoms. The number of aromatic amines is 1. The molecule has 0 spiro atoms. The maximum atomic E-state index is 9.40.